The first kappa shape index (κ1) is 14.5. The lowest BCUT2D eigenvalue weighted by Gasteiger charge is -2.16. The standard InChI is InChI=1S/C13H14N4O4/c1-9(8-16-6-2-5-14-16)15-12-7-10(17(20)21)3-4-11(12)13(18)19/h2-7,9,15H,8H2,1H3,(H,18,19). The first-order valence-electron chi connectivity index (χ1n) is 6.23. The van der Waals surface area contributed by atoms with Crippen molar-refractivity contribution in [3.8, 4) is 0 Å². The van der Waals surface area contributed by atoms with Crippen LogP contribution < -0.4 is 5.32 Å². The van der Waals surface area contributed by atoms with Crippen LogP contribution in [-0.4, -0.2) is 31.8 Å². The highest BCUT2D eigenvalue weighted by Gasteiger charge is 2.17. The van der Waals surface area contributed by atoms with E-state index in [1.54, 1.807) is 23.1 Å². The van der Waals surface area contributed by atoms with Gasteiger partial charge in [0.2, 0.25) is 0 Å². The number of aromatic carboxylic acids is 1. The molecule has 0 saturated carbocycles. The molecule has 0 spiro atoms. The van der Waals surface area contributed by atoms with Gasteiger partial charge in [-0.3, -0.25) is 14.8 Å². The number of nitrogens with zero attached hydrogens (tertiary/aromatic N) is 3. The SMILES string of the molecule is CC(Cn1cccn1)Nc1cc([N+](=O)[O-])ccc1C(=O)O. The maximum Gasteiger partial charge on any atom is 0.337 e. The number of carboxylic acid groups (broad SMARTS) is 1. The fraction of sp³-hybridized carbons (Fsp3) is 0.231. The number of nitro groups is 1. The molecule has 1 aromatic heterocycles. The first-order valence-corrected chi connectivity index (χ1v) is 6.23. The first-order chi connectivity index (χ1) is 9.97. The van der Waals surface area contributed by atoms with Gasteiger partial charge in [0.25, 0.3) is 5.69 Å². The van der Waals surface area contributed by atoms with Crippen LogP contribution >= 0.6 is 0 Å². The third kappa shape index (κ3) is 3.56. The van der Waals surface area contributed by atoms with Gasteiger partial charge in [-0.2, -0.15) is 5.10 Å². The van der Waals surface area contributed by atoms with Gasteiger partial charge < -0.3 is 10.4 Å². The Morgan fingerprint density at radius 2 is 2.33 bits per heavy atom. The maximum absolute atomic E-state index is 11.2. The van der Waals surface area contributed by atoms with Crippen LogP contribution in [0, 0.1) is 10.1 Å². The number of carboxylic acids is 1. The molecule has 0 radical (unpaired) electrons. The second-order valence-electron chi connectivity index (χ2n) is 4.57. The molecule has 0 fully saturated rings. The molecule has 2 N–H and O–H groups in total. The number of nitrogens with one attached hydrogen (secondary N) is 1. The van der Waals surface area contributed by atoms with Crippen molar-refractivity contribution < 1.29 is 14.8 Å². The van der Waals surface area contributed by atoms with Crippen LogP contribution in [0.4, 0.5) is 11.4 Å². The molecular formula is C13H14N4O4. The van der Waals surface area contributed by atoms with Crippen LogP contribution in [0.5, 0.6) is 0 Å². The van der Waals surface area contributed by atoms with Gasteiger partial charge in [-0.05, 0) is 19.1 Å². The Hall–Kier alpha value is -2.90. The van der Waals surface area contributed by atoms with E-state index in [0.717, 1.165) is 0 Å². The Labute approximate surface area is 120 Å². The van der Waals surface area contributed by atoms with Crippen molar-refractivity contribution >= 4 is 17.3 Å². The van der Waals surface area contributed by atoms with Crippen molar-refractivity contribution in [1.82, 2.24) is 9.78 Å². The molecule has 1 aromatic carbocycles. The normalized spacial score (nSPS) is 11.9. The summed E-state index contributed by atoms with van der Waals surface area (Å²) in [5.41, 5.74) is 0.0538. The van der Waals surface area contributed by atoms with E-state index in [-0.39, 0.29) is 23.0 Å². The molecule has 1 heterocycles. The number of nitro benzene ring substituents is 1. The van der Waals surface area contributed by atoms with E-state index < -0.39 is 10.9 Å². The van der Waals surface area contributed by atoms with Gasteiger partial charge in [0.15, 0.2) is 0 Å². The molecule has 8 nitrogen and oxygen atoms in total. The summed E-state index contributed by atoms with van der Waals surface area (Å²) in [6.07, 6.45) is 3.42. The van der Waals surface area contributed by atoms with Crippen LogP contribution in [0.3, 0.4) is 0 Å². The average Bonchev–Trinajstić information content (AvgIpc) is 2.90. The smallest absolute Gasteiger partial charge is 0.337 e. The van der Waals surface area contributed by atoms with Crippen molar-refractivity contribution in [3.05, 3.63) is 52.3 Å². The number of non-ortho nitro benzene ring substituents is 1. The zero-order valence-electron chi connectivity index (χ0n) is 11.3. The molecule has 0 amide bonds. The van der Waals surface area contributed by atoms with Crippen molar-refractivity contribution in [2.24, 2.45) is 0 Å². The lowest BCUT2D eigenvalue weighted by molar-refractivity contribution is -0.384. The summed E-state index contributed by atoms with van der Waals surface area (Å²) in [7, 11) is 0. The molecule has 0 aliphatic rings. The molecule has 0 aliphatic carbocycles. The summed E-state index contributed by atoms with van der Waals surface area (Å²) in [5, 5.41) is 27.0. The highest BCUT2D eigenvalue weighted by Crippen LogP contribution is 2.23. The molecule has 2 rings (SSSR count). The summed E-state index contributed by atoms with van der Waals surface area (Å²) >= 11 is 0. The van der Waals surface area contributed by atoms with Gasteiger partial charge in [0.05, 0.1) is 22.7 Å². The Kier molecular flexibility index (Phi) is 4.17. The summed E-state index contributed by atoms with van der Waals surface area (Å²) in [5.74, 6) is -1.14. The molecule has 110 valence electrons. The van der Waals surface area contributed by atoms with Gasteiger partial charge in [-0.25, -0.2) is 4.79 Å². The number of hydrogen-bond donors (Lipinski definition) is 2. The van der Waals surface area contributed by atoms with Crippen LogP contribution in [0.1, 0.15) is 17.3 Å². The fourth-order valence-electron chi connectivity index (χ4n) is 1.95. The maximum atomic E-state index is 11.2. The predicted octanol–water partition coefficient (Wildman–Crippen LogP) is 1.99. The Bertz CT molecular complexity index is 654. The van der Waals surface area contributed by atoms with Gasteiger partial charge in [-0.15, -0.1) is 0 Å². The number of carbonyl (C=O) groups is 1. The largest absolute Gasteiger partial charge is 0.478 e. The van der Waals surface area contributed by atoms with E-state index in [0.29, 0.717) is 6.54 Å². The predicted molar refractivity (Wildman–Crippen MR) is 75.4 cm³/mol. The highest BCUT2D eigenvalue weighted by molar-refractivity contribution is 5.94. The molecule has 2 aromatic rings. The lowest BCUT2D eigenvalue weighted by atomic mass is 10.1. The molecule has 0 saturated heterocycles. The van der Waals surface area contributed by atoms with Crippen LogP contribution in [-0.2, 0) is 6.54 Å². The zero-order chi connectivity index (χ0) is 15.4. The molecule has 21 heavy (non-hydrogen) atoms. The molecule has 8 heteroatoms. The third-order valence-electron chi connectivity index (χ3n) is 2.87. The minimum atomic E-state index is -1.14. The Morgan fingerprint density at radius 3 is 2.90 bits per heavy atom. The number of benzene rings is 1. The Morgan fingerprint density at radius 1 is 1.57 bits per heavy atom. The number of hydrogen-bond acceptors (Lipinski definition) is 5. The quantitative estimate of drug-likeness (QED) is 0.621. The number of rotatable bonds is 6. The number of anilines is 1. The summed E-state index contributed by atoms with van der Waals surface area (Å²) < 4.78 is 1.69. The van der Waals surface area contributed by atoms with Crippen LogP contribution in [0.25, 0.3) is 0 Å². The summed E-state index contributed by atoms with van der Waals surface area (Å²) in [6, 6.07) is 5.26. The second-order valence-corrected chi connectivity index (χ2v) is 4.57. The van der Waals surface area contributed by atoms with E-state index >= 15 is 0 Å². The summed E-state index contributed by atoms with van der Waals surface area (Å²) in [6.45, 7) is 2.35. The molecular weight excluding hydrogens is 276 g/mol. The third-order valence-corrected chi connectivity index (χ3v) is 2.87. The topological polar surface area (TPSA) is 110 Å². The van der Waals surface area contributed by atoms with Gasteiger partial charge in [0.1, 0.15) is 0 Å². The highest BCUT2D eigenvalue weighted by atomic mass is 16.6. The van der Waals surface area contributed by atoms with E-state index in [1.165, 1.54) is 18.2 Å². The van der Waals surface area contributed by atoms with Crippen molar-refractivity contribution in [3.63, 3.8) is 0 Å². The van der Waals surface area contributed by atoms with E-state index in [9.17, 15) is 14.9 Å². The second kappa shape index (κ2) is 6.04. The molecule has 0 bridgehead atoms. The number of aromatic nitrogens is 2. The Balaban J connectivity index is 2.21. The average molecular weight is 290 g/mol. The van der Waals surface area contributed by atoms with Gasteiger partial charge >= 0.3 is 5.97 Å². The monoisotopic (exact) mass is 290 g/mol. The van der Waals surface area contributed by atoms with E-state index in [2.05, 4.69) is 10.4 Å². The molecule has 1 unspecified atom stereocenters. The van der Waals surface area contributed by atoms with E-state index in [4.69, 9.17) is 5.11 Å². The van der Waals surface area contributed by atoms with Crippen LogP contribution in [0.2, 0.25) is 0 Å². The van der Waals surface area contributed by atoms with E-state index in [1.807, 2.05) is 6.92 Å². The lowest BCUT2D eigenvalue weighted by Crippen LogP contribution is -2.23. The van der Waals surface area contributed by atoms with Gasteiger partial charge in [0, 0.05) is 30.6 Å². The van der Waals surface area contributed by atoms with Crippen molar-refractivity contribution in [2.75, 3.05) is 5.32 Å². The minimum Gasteiger partial charge on any atom is -0.478 e. The summed E-state index contributed by atoms with van der Waals surface area (Å²) in [4.78, 5) is 21.4. The van der Waals surface area contributed by atoms with Crippen LogP contribution in [0.15, 0.2) is 36.7 Å². The molecule has 0 aliphatic heterocycles. The molecule has 1 atom stereocenters. The van der Waals surface area contributed by atoms with Crippen molar-refractivity contribution in [2.45, 2.75) is 19.5 Å². The van der Waals surface area contributed by atoms with Gasteiger partial charge in [-0.1, -0.05) is 0 Å². The van der Waals surface area contributed by atoms with Crippen molar-refractivity contribution in [1.29, 1.82) is 0 Å². The zero-order valence-corrected chi connectivity index (χ0v) is 11.3. The fourth-order valence-corrected chi connectivity index (χ4v) is 1.95. The minimum absolute atomic E-state index is 0.00656.